The van der Waals surface area contributed by atoms with Gasteiger partial charge in [-0.3, -0.25) is 4.68 Å². The number of hydrogen-bond acceptors (Lipinski definition) is 6. The van der Waals surface area contributed by atoms with Crippen molar-refractivity contribution in [3.05, 3.63) is 89.7 Å². The summed E-state index contributed by atoms with van der Waals surface area (Å²) >= 11 is 0. The molecule has 1 N–H and O–H groups in total. The lowest BCUT2D eigenvalue weighted by Crippen LogP contribution is -2.09. The number of hydrogen-bond donors (Lipinski definition) is 1. The third kappa shape index (κ3) is 4.64. The fraction of sp³-hybridized carbons (Fsp3) is 0.222. The number of nitrogens with zero attached hydrogens (tertiary/aromatic N) is 4. The second-order valence-electron chi connectivity index (χ2n) is 8.49. The second-order valence-corrected chi connectivity index (χ2v) is 8.49. The fourth-order valence-electron chi connectivity index (χ4n) is 4.05. The minimum Gasteiger partial charge on any atom is -0.487 e. The summed E-state index contributed by atoms with van der Waals surface area (Å²) in [6.45, 7) is 6.47. The molecule has 3 aromatic heterocycles. The highest BCUT2D eigenvalue weighted by atomic mass is 16.5. The van der Waals surface area contributed by atoms with Crippen molar-refractivity contribution in [1.82, 2.24) is 19.7 Å². The first-order valence-corrected chi connectivity index (χ1v) is 11.3. The zero-order chi connectivity index (χ0) is 23.7. The molecular formula is C27H27N5O2. The van der Waals surface area contributed by atoms with Crippen LogP contribution in [-0.4, -0.2) is 19.7 Å². The molecule has 7 heteroatoms. The summed E-state index contributed by atoms with van der Waals surface area (Å²) in [5.41, 5.74) is 5.88. The van der Waals surface area contributed by atoms with Gasteiger partial charge in [0, 0.05) is 24.1 Å². The van der Waals surface area contributed by atoms with E-state index in [1.54, 1.807) is 6.26 Å². The summed E-state index contributed by atoms with van der Waals surface area (Å²) < 4.78 is 13.3. The zero-order valence-corrected chi connectivity index (χ0v) is 19.7. The highest BCUT2D eigenvalue weighted by Crippen LogP contribution is 2.27. The topological polar surface area (TPSA) is 78.0 Å². The smallest absolute Gasteiger partial charge is 0.133 e. The lowest BCUT2D eigenvalue weighted by atomic mass is 10.1. The lowest BCUT2D eigenvalue weighted by Gasteiger charge is -2.17. The van der Waals surface area contributed by atoms with Gasteiger partial charge >= 0.3 is 0 Å². The fourth-order valence-corrected chi connectivity index (χ4v) is 4.05. The van der Waals surface area contributed by atoms with Crippen LogP contribution in [0.4, 0.5) is 5.82 Å². The Morgan fingerprint density at radius 3 is 2.74 bits per heavy atom. The quantitative estimate of drug-likeness (QED) is 0.326. The number of aryl methyl sites for hydroxylation is 3. The molecule has 0 saturated carbocycles. The van der Waals surface area contributed by atoms with E-state index in [4.69, 9.17) is 9.15 Å². The van der Waals surface area contributed by atoms with E-state index in [1.165, 1.54) is 0 Å². The Morgan fingerprint density at radius 2 is 1.91 bits per heavy atom. The van der Waals surface area contributed by atoms with Crippen LogP contribution in [0.25, 0.3) is 22.2 Å². The Morgan fingerprint density at radius 1 is 1.03 bits per heavy atom. The Bertz CT molecular complexity index is 1450. The summed E-state index contributed by atoms with van der Waals surface area (Å²) in [4.78, 5) is 9.25. The standard InChI is InChI=1S/C27H27N5O2/c1-17-12-23(32(4)31-17)16-34-24-7-5-6-20(14-24)18(2)28-27-15-25(29-19(3)30-27)21-8-9-26-22(13-21)10-11-33-26/h5-15,18H,16H2,1-4H3,(H,28,29,30). The lowest BCUT2D eigenvalue weighted by molar-refractivity contribution is 0.294. The molecule has 3 heterocycles. The predicted molar refractivity (Wildman–Crippen MR) is 133 cm³/mol. The minimum atomic E-state index is 0.0287. The molecule has 5 rings (SSSR count). The van der Waals surface area contributed by atoms with Crippen molar-refractivity contribution in [3.63, 3.8) is 0 Å². The van der Waals surface area contributed by atoms with Crippen molar-refractivity contribution in [2.45, 2.75) is 33.4 Å². The molecule has 7 nitrogen and oxygen atoms in total. The summed E-state index contributed by atoms with van der Waals surface area (Å²) in [5.74, 6) is 2.31. The van der Waals surface area contributed by atoms with E-state index in [9.17, 15) is 0 Å². The molecule has 0 fully saturated rings. The number of anilines is 1. The van der Waals surface area contributed by atoms with Crippen LogP contribution in [0.3, 0.4) is 0 Å². The van der Waals surface area contributed by atoms with Crippen LogP contribution < -0.4 is 10.1 Å². The van der Waals surface area contributed by atoms with Gasteiger partial charge in [0.1, 0.15) is 29.6 Å². The van der Waals surface area contributed by atoms with Gasteiger partial charge in [-0.1, -0.05) is 12.1 Å². The number of rotatable bonds is 7. The molecule has 0 aliphatic rings. The van der Waals surface area contributed by atoms with Gasteiger partial charge in [0.25, 0.3) is 0 Å². The van der Waals surface area contributed by atoms with Crippen molar-refractivity contribution < 1.29 is 9.15 Å². The first-order chi connectivity index (χ1) is 16.4. The molecule has 0 aliphatic carbocycles. The van der Waals surface area contributed by atoms with E-state index in [0.29, 0.717) is 12.4 Å². The molecule has 0 radical (unpaired) electrons. The van der Waals surface area contributed by atoms with Gasteiger partial charge in [-0.2, -0.15) is 5.10 Å². The maximum absolute atomic E-state index is 6.03. The minimum absolute atomic E-state index is 0.0287. The van der Waals surface area contributed by atoms with E-state index in [1.807, 2.05) is 68.0 Å². The summed E-state index contributed by atoms with van der Waals surface area (Å²) in [7, 11) is 1.93. The van der Waals surface area contributed by atoms with Crippen LogP contribution in [0.2, 0.25) is 0 Å². The van der Waals surface area contributed by atoms with Gasteiger partial charge in [-0.25, -0.2) is 9.97 Å². The first-order valence-electron chi connectivity index (χ1n) is 11.3. The third-order valence-electron chi connectivity index (χ3n) is 5.79. The van der Waals surface area contributed by atoms with Crippen molar-refractivity contribution in [3.8, 4) is 17.0 Å². The average Bonchev–Trinajstić information content (AvgIpc) is 3.42. The number of furan rings is 1. The van der Waals surface area contributed by atoms with Crippen LogP contribution in [0, 0.1) is 13.8 Å². The molecule has 1 unspecified atom stereocenters. The number of ether oxygens (including phenoxy) is 1. The van der Waals surface area contributed by atoms with E-state index in [0.717, 1.165) is 50.7 Å². The summed E-state index contributed by atoms with van der Waals surface area (Å²) in [6, 6.07) is 20.2. The van der Waals surface area contributed by atoms with E-state index >= 15 is 0 Å². The van der Waals surface area contributed by atoms with Gasteiger partial charge in [0.2, 0.25) is 0 Å². The molecule has 0 bridgehead atoms. The highest BCUT2D eigenvalue weighted by Gasteiger charge is 2.11. The van der Waals surface area contributed by atoms with Crippen LogP contribution >= 0.6 is 0 Å². The van der Waals surface area contributed by atoms with Gasteiger partial charge < -0.3 is 14.5 Å². The molecule has 0 spiro atoms. The number of fused-ring (bicyclic) bond motifs is 1. The Balaban J connectivity index is 1.32. The summed E-state index contributed by atoms with van der Waals surface area (Å²) in [5, 5.41) is 8.94. The van der Waals surface area contributed by atoms with Crippen molar-refractivity contribution in [1.29, 1.82) is 0 Å². The first kappa shape index (κ1) is 21.7. The second kappa shape index (κ2) is 9.02. The molecule has 172 valence electrons. The molecule has 0 amide bonds. The molecule has 1 atom stereocenters. The maximum Gasteiger partial charge on any atom is 0.133 e. The molecule has 5 aromatic rings. The van der Waals surface area contributed by atoms with Gasteiger partial charge in [-0.05, 0) is 68.8 Å². The molecule has 0 aliphatic heterocycles. The Hall–Kier alpha value is -4.13. The van der Waals surface area contributed by atoms with Crippen molar-refractivity contribution >= 4 is 16.8 Å². The van der Waals surface area contributed by atoms with Crippen LogP contribution in [-0.2, 0) is 13.7 Å². The van der Waals surface area contributed by atoms with Gasteiger partial charge in [0.05, 0.1) is 29.4 Å². The predicted octanol–water partition coefficient (Wildman–Crippen LogP) is 5.99. The normalized spacial score (nSPS) is 12.1. The largest absolute Gasteiger partial charge is 0.487 e. The highest BCUT2D eigenvalue weighted by molar-refractivity contribution is 5.83. The zero-order valence-electron chi connectivity index (χ0n) is 19.7. The molecule has 0 saturated heterocycles. The van der Waals surface area contributed by atoms with E-state index in [-0.39, 0.29) is 6.04 Å². The van der Waals surface area contributed by atoms with Gasteiger partial charge in [-0.15, -0.1) is 0 Å². The third-order valence-corrected chi connectivity index (χ3v) is 5.79. The van der Waals surface area contributed by atoms with E-state index in [2.05, 4.69) is 45.5 Å². The monoisotopic (exact) mass is 453 g/mol. The van der Waals surface area contributed by atoms with Gasteiger partial charge in [0.15, 0.2) is 0 Å². The van der Waals surface area contributed by atoms with Crippen molar-refractivity contribution in [2.75, 3.05) is 5.32 Å². The summed E-state index contributed by atoms with van der Waals surface area (Å²) in [6.07, 6.45) is 1.70. The van der Waals surface area contributed by atoms with E-state index < -0.39 is 0 Å². The van der Waals surface area contributed by atoms with Crippen LogP contribution in [0.15, 0.2) is 71.3 Å². The average molecular weight is 454 g/mol. The SMILES string of the molecule is Cc1cc(COc2cccc(C(C)Nc3cc(-c4ccc5occc5c4)nc(C)n3)c2)n(C)n1. The Labute approximate surface area is 198 Å². The number of nitrogens with one attached hydrogen (secondary N) is 1. The molecular weight excluding hydrogens is 426 g/mol. The van der Waals surface area contributed by atoms with Crippen molar-refractivity contribution in [2.24, 2.45) is 7.05 Å². The van der Waals surface area contributed by atoms with Crippen LogP contribution in [0.1, 0.15) is 35.7 Å². The van der Waals surface area contributed by atoms with Crippen LogP contribution in [0.5, 0.6) is 5.75 Å². The number of benzene rings is 2. The Kier molecular flexibility index (Phi) is 5.76. The number of aromatic nitrogens is 4. The maximum atomic E-state index is 6.03. The molecule has 34 heavy (non-hydrogen) atoms. The molecule has 2 aromatic carbocycles.